The highest BCUT2D eigenvalue weighted by molar-refractivity contribution is 9.10. The average molecular weight is 440 g/mol. The number of nitro groups is 1. The number of ether oxygens (including phenoxy) is 3. The fraction of sp³-hybridized carbons (Fsp3) is 0.235. The van der Waals surface area contributed by atoms with E-state index in [4.69, 9.17) is 9.47 Å². The van der Waals surface area contributed by atoms with Crippen molar-refractivity contribution in [3.05, 3.63) is 61.0 Å². The Morgan fingerprint density at radius 2 is 1.85 bits per heavy atom. The van der Waals surface area contributed by atoms with E-state index in [-0.39, 0.29) is 35.9 Å². The van der Waals surface area contributed by atoms with Crippen LogP contribution in [0.5, 0.6) is 11.5 Å². The number of nitro benzene ring substituents is 1. The van der Waals surface area contributed by atoms with Crippen molar-refractivity contribution in [2.45, 2.75) is 6.92 Å². The van der Waals surface area contributed by atoms with Gasteiger partial charge in [-0.05, 0) is 34.5 Å². The molecule has 0 saturated carbocycles. The molecule has 0 atom stereocenters. The summed E-state index contributed by atoms with van der Waals surface area (Å²) in [6.45, 7) is 1.88. The Kier molecular flexibility index (Phi) is 6.83. The topological polar surface area (TPSA) is 119 Å². The van der Waals surface area contributed by atoms with Crippen molar-refractivity contribution in [2.75, 3.05) is 20.3 Å². The maximum Gasteiger partial charge on any atom is 0.339 e. The van der Waals surface area contributed by atoms with Crippen LogP contribution in [0.25, 0.3) is 0 Å². The number of carbonyl (C=O) groups excluding carboxylic acids is 1. The van der Waals surface area contributed by atoms with E-state index >= 15 is 0 Å². The first-order chi connectivity index (χ1) is 12.9. The molecule has 9 nitrogen and oxygen atoms in total. The predicted molar refractivity (Wildman–Crippen MR) is 98.3 cm³/mol. The molecule has 2 aromatic carbocycles. The molecule has 0 saturated heterocycles. The maximum absolute atomic E-state index is 11.7. The zero-order valence-electron chi connectivity index (χ0n) is 14.5. The molecule has 0 amide bonds. The molecule has 2 rings (SSSR count). The Hall–Kier alpha value is -3.01. The standard InChI is InChI=1S/C17H15BrN2O7/c1-10-3-4-13(19-22)15(7-10)26-5-6-27-16-9-12(18)11(17(21)25-2)8-14(16)20(23)24/h3-4,7-9H,5-6H2,1-2H3/p+1. The first-order valence-corrected chi connectivity index (χ1v) is 8.47. The van der Waals surface area contributed by atoms with Gasteiger partial charge in [-0.1, -0.05) is 6.07 Å². The predicted octanol–water partition coefficient (Wildman–Crippen LogP) is 2.39. The summed E-state index contributed by atoms with van der Waals surface area (Å²) >= 11 is 3.17. The van der Waals surface area contributed by atoms with Crippen LogP contribution in [-0.4, -0.2) is 31.2 Å². The molecule has 0 aliphatic heterocycles. The molecule has 0 aliphatic rings. The van der Waals surface area contributed by atoms with Gasteiger partial charge in [0.25, 0.3) is 5.69 Å². The Morgan fingerprint density at radius 1 is 1.19 bits per heavy atom. The van der Waals surface area contributed by atoms with Crippen molar-refractivity contribution < 1.29 is 29.1 Å². The zero-order chi connectivity index (χ0) is 20.0. The number of rotatable bonds is 8. The molecular weight excluding hydrogens is 424 g/mol. The third-order valence-electron chi connectivity index (χ3n) is 3.50. The van der Waals surface area contributed by atoms with Gasteiger partial charge in [0.2, 0.25) is 0 Å². The van der Waals surface area contributed by atoms with Gasteiger partial charge in [-0.3, -0.25) is 10.1 Å². The third kappa shape index (κ3) is 5.00. The van der Waals surface area contributed by atoms with Gasteiger partial charge in [0.05, 0.1) is 17.6 Å². The molecule has 142 valence electrons. The lowest BCUT2D eigenvalue weighted by atomic mass is 10.2. The smallest absolute Gasteiger partial charge is 0.339 e. The van der Waals surface area contributed by atoms with Gasteiger partial charge >= 0.3 is 11.7 Å². The normalized spacial score (nSPS) is 10.2. The van der Waals surface area contributed by atoms with Gasteiger partial charge in [0, 0.05) is 32.8 Å². The second-order valence-electron chi connectivity index (χ2n) is 5.35. The van der Waals surface area contributed by atoms with Gasteiger partial charge in [-0.15, -0.1) is 0 Å². The quantitative estimate of drug-likeness (QED) is 0.290. The Balaban J connectivity index is 2.10. The van der Waals surface area contributed by atoms with Crippen LogP contribution in [0.15, 0.2) is 34.8 Å². The SMILES string of the molecule is COC(=O)c1cc([N+](=O)[O-])c(OCCOc2cc(C)ccc2[NH+]=O)cc1Br. The first-order valence-electron chi connectivity index (χ1n) is 7.68. The molecule has 27 heavy (non-hydrogen) atoms. The summed E-state index contributed by atoms with van der Waals surface area (Å²) in [5.74, 6) is -0.392. The molecule has 0 aliphatic carbocycles. The Morgan fingerprint density at radius 3 is 2.44 bits per heavy atom. The van der Waals surface area contributed by atoms with Gasteiger partial charge in [0.15, 0.2) is 11.5 Å². The molecule has 2 aromatic rings. The second kappa shape index (κ2) is 9.08. The fourth-order valence-electron chi connectivity index (χ4n) is 2.20. The van der Waals surface area contributed by atoms with E-state index in [1.54, 1.807) is 23.4 Å². The van der Waals surface area contributed by atoms with Crippen LogP contribution in [0.4, 0.5) is 11.4 Å². The number of esters is 1. The lowest BCUT2D eigenvalue weighted by Crippen LogP contribution is -2.55. The van der Waals surface area contributed by atoms with E-state index in [2.05, 4.69) is 20.7 Å². The molecule has 1 N–H and O–H groups in total. The number of nitrogens with zero attached hydrogens (tertiary/aromatic N) is 1. The van der Waals surface area contributed by atoms with E-state index in [1.165, 1.54) is 13.2 Å². The van der Waals surface area contributed by atoms with Crippen LogP contribution in [-0.2, 0) is 4.74 Å². The van der Waals surface area contributed by atoms with Crippen LogP contribution >= 0.6 is 15.9 Å². The summed E-state index contributed by atoms with van der Waals surface area (Å²) in [6, 6.07) is 7.43. The average Bonchev–Trinajstić information content (AvgIpc) is 2.64. The molecular formula is C17H16BrN2O7+. The summed E-state index contributed by atoms with van der Waals surface area (Å²) in [4.78, 5) is 33.2. The first kappa shape index (κ1) is 20.3. The molecule has 0 fully saturated rings. The Labute approximate surface area is 162 Å². The largest absolute Gasteiger partial charge is 0.483 e. The minimum Gasteiger partial charge on any atom is -0.483 e. The van der Waals surface area contributed by atoms with Gasteiger partial charge in [-0.2, -0.15) is 0 Å². The van der Waals surface area contributed by atoms with Crippen molar-refractivity contribution in [1.29, 1.82) is 0 Å². The second-order valence-corrected chi connectivity index (χ2v) is 6.20. The summed E-state index contributed by atoms with van der Waals surface area (Å²) in [5.41, 5.74) is 0.814. The van der Waals surface area contributed by atoms with Crippen LogP contribution in [0.3, 0.4) is 0 Å². The molecule has 0 aromatic heterocycles. The number of halogens is 1. The number of methoxy groups -OCH3 is 1. The number of hydrogen-bond acceptors (Lipinski definition) is 7. The van der Waals surface area contributed by atoms with E-state index in [0.717, 1.165) is 11.6 Å². The highest BCUT2D eigenvalue weighted by Gasteiger charge is 2.22. The molecule has 0 bridgehead atoms. The van der Waals surface area contributed by atoms with E-state index in [9.17, 15) is 19.8 Å². The number of nitrogens with one attached hydrogen (secondary N) is 1. The number of benzene rings is 2. The summed E-state index contributed by atoms with van der Waals surface area (Å²) in [7, 11) is 1.18. The van der Waals surface area contributed by atoms with Gasteiger partial charge in [0.1, 0.15) is 13.2 Å². The van der Waals surface area contributed by atoms with Crippen LogP contribution in [0.2, 0.25) is 0 Å². The van der Waals surface area contributed by atoms with Crippen LogP contribution < -0.4 is 14.7 Å². The molecule has 0 heterocycles. The number of aryl methyl sites for hydroxylation is 1. The number of carbonyl (C=O) groups is 1. The van der Waals surface area contributed by atoms with Crippen LogP contribution in [0.1, 0.15) is 15.9 Å². The van der Waals surface area contributed by atoms with Gasteiger partial charge in [-0.25, -0.2) is 4.79 Å². The molecule has 0 radical (unpaired) electrons. The highest BCUT2D eigenvalue weighted by Crippen LogP contribution is 2.33. The lowest BCUT2D eigenvalue weighted by molar-refractivity contribution is -0.386. The minimum absolute atomic E-state index is 0.0127. The zero-order valence-corrected chi connectivity index (χ0v) is 16.1. The lowest BCUT2D eigenvalue weighted by Gasteiger charge is -2.10. The molecule has 0 spiro atoms. The van der Waals surface area contributed by atoms with Crippen molar-refractivity contribution in [2.24, 2.45) is 0 Å². The van der Waals surface area contributed by atoms with E-state index < -0.39 is 10.9 Å². The summed E-state index contributed by atoms with van der Waals surface area (Å²) in [5, 5.41) is 13.0. The summed E-state index contributed by atoms with van der Waals surface area (Å²) in [6.07, 6.45) is 0. The van der Waals surface area contributed by atoms with Crippen LogP contribution in [0, 0.1) is 21.9 Å². The highest BCUT2D eigenvalue weighted by atomic mass is 79.9. The van der Waals surface area contributed by atoms with Crippen molar-refractivity contribution in [3.8, 4) is 11.5 Å². The third-order valence-corrected chi connectivity index (χ3v) is 4.15. The van der Waals surface area contributed by atoms with E-state index in [1.807, 2.05) is 6.92 Å². The molecule has 10 heteroatoms. The van der Waals surface area contributed by atoms with Crippen molar-refractivity contribution >= 4 is 33.3 Å². The van der Waals surface area contributed by atoms with Crippen molar-refractivity contribution in [3.63, 3.8) is 0 Å². The van der Waals surface area contributed by atoms with Gasteiger partial charge < -0.3 is 14.2 Å². The maximum atomic E-state index is 11.7. The Bertz CT molecular complexity index is 886. The monoisotopic (exact) mass is 439 g/mol. The minimum atomic E-state index is -0.711. The molecule has 0 unspecified atom stereocenters. The fourth-order valence-corrected chi connectivity index (χ4v) is 2.69. The van der Waals surface area contributed by atoms with E-state index in [0.29, 0.717) is 10.2 Å². The number of hydrogen-bond donors (Lipinski definition) is 1. The number of nitroso groups, excluding NO2 is 1. The van der Waals surface area contributed by atoms with Crippen molar-refractivity contribution in [1.82, 2.24) is 0 Å². The summed E-state index contributed by atoms with van der Waals surface area (Å²) < 4.78 is 15.8.